The van der Waals surface area contributed by atoms with Crippen molar-refractivity contribution in [2.24, 2.45) is 0 Å². The van der Waals surface area contributed by atoms with E-state index in [4.69, 9.17) is 9.47 Å². The number of Topliss-reactive ketones (excluding diaryl/α,β-unsaturated/α-hetero) is 1. The number of carbonyl (C=O) groups excluding carboxylic acids is 2. The van der Waals surface area contributed by atoms with Crippen molar-refractivity contribution in [1.29, 1.82) is 0 Å². The number of hydrogen-bond donors (Lipinski definition) is 0. The van der Waals surface area contributed by atoms with Crippen LogP contribution in [0.2, 0.25) is 0 Å². The minimum Gasteiger partial charge on any atom is -0.470 e. The minimum absolute atomic E-state index is 0.149. The molecular weight excluding hydrogens is 358 g/mol. The highest BCUT2D eigenvalue weighted by Gasteiger charge is 2.32. The van der Waals surface area contributed by atoms with Crippen LogP contribution in [0.15, 0.2) is 48.8 Å². The molecule has 1 fully saturated rings. The number of carbonyl (C=O) groups is 2. The maximum absolute atomic E-state index is 12.8. The molecule has 1 unspecified atom stereocenters. The normalized spacial score (nSPS) is 15.7. The summed E-state index contributed by atoms with van der Waals surface area (Å²) in [5.41, 5.74) is 1.98. The molecule has 148 valence electrons. The van der Waals surface area contributed by atoms with Crippen LogP contribution in [-0.4, -0.2) is 67.6 Å². The van der Waals surface area contributed by atoms with E-state index < -0.39 is 12.1 Å². The summed E-state index contributed by atoms with van der Waals surface area (Å²) < 4.78 is 10.5. The van der Waals surface area contributed by atoms with E-state index in [9.17, 15) is 9.59 Å². The quantitative estimate of drug-likeness (QED) is 0.532. The first-order valence-electron chi connectivity index (χ1n) is 9.28. The molecule has 1 aliphatic heterocycles. The molecule has 2 heterocycles. The zero-order chi connectivity index (χ0) is 19.9. The second-order valence-corrected chi connectivity index (χ2v) is 6.72. The molecule has 0 N–H and O–H groups in total. The van der Waals surface area contributed by atoms with E-state index in [0.29, 0.717) is 5.75 Å². The molecule has 1 aromatic carbocycles. The van der Waals surface area contributed by atoms with Gasteiger partial charge in [0, 0.05) is 44.3 Å². The molecule has 7 heteroatoms. The first kappa shape index (κ1) is 19.8. The van der Waals surface area contributed by atoms with Gasteiger partial charge in [-0.3, -0.25) is 14.7 Å². The van der Waals surface area contributed by atoms with Crippen molar-refractivity contribution in [2.45, 2.75) is 13.0 Å². The second kappa shape index (κ2) is 9.32. The minimum atomic E-state index is -1.26. The van der Waals surface area contributed by atoms with Crippen molar-refractivity contribution < 1.29 is 19.1 Å². The van der Waals surface area contributed by atoms with E-state index in [2.05, 4.69) is 9.88 Å². The molecule has 0 bridgehead atoms. The zero-order valence-electron chi connectivity index (χ0n) is 16.2. The number of piperazine rings is 1. The van der Waals surface area contributed by atoms with Gasteiger partial charge in [0.1, 0.15) is 5.75 Å². The lowest BCUT2D eigenvalue weighted by atomic mass is 10.1. The van der Waals surface area contributed by atoms with Crippen LogP contribution in [-0.2, 0) is 14.3 Å². The Morgan fingerprint density at radius 2 is 1.75 bits per heavy atom. The number of anilines is 1. The molecule has 1 aromatic heterocycles. The molecule has 1 atom stereocenters. The van der Waals surface area contributed by atoms with Crippen LogP contribution in [0.4, 0.5) is 5.69 Å². The van der Waals surface area contributed by atoms with Crippen LogP contribution in [0.5, 0.6) is 5.75 Å². The van der Waals surface area contributed by atoms with Gasteiger partial charge in [0.2, 0.25) is 0 Å². The van der Waals surface area contributed by atoms with Crippen LogP contribution in [0.3, 0.4) is 0 Å². The van der Waals surface area contributed by atoms with Crippen molar-refractivity contribution in [3.05, 3.63) is 54.4 Å². The lowest BCUT2D eigenvalue weighted by Crippen LogP contribution is -2.50. The fourth-order valence-corrected chi connectivity index (χ4v) is 3.19. The Balaban J connectivity index is 1.60. The average Bonchev–Trinajstić information content (AvgIpc) is 2.73. The molecule has 28 heavy (non-hydrogen) atoms. The monoisotopic (exact) mass is 383 g/mol. The number of benzene rings is 1. The van der Waals surface area contributed by atoms with E-state index in [1.165, 1.54) is 7.11 Å². The zero-order valence-corrected chi connectivity index (χ0v) is 16.2. The summed E-state index contributed by atoms with van der Waals surface area (Å²) in [6, 6.07) is 11.2. The van der Waals surface area contributed by atoms with Gasteiger partial charge in [-0.15, -0.1) is 0 Å². The van der Waals surface area contributed by atoms with Gasteiger partial charge < -0.3 is 14.4 Å². The molecule has 1 saturated heterocycles. The maximum atomic E-state index is 12.8. The van der Waals surface area contributed by atoms with Crippen molar-refractivity contribution in [3.63, 3.8) is 0 Å². The molecule has 0 radical (unpaired) electrons. The molecule has 2 aromatic rings. The van der Waals surface area contributed by atoms with E-state index in [1.807, 2.05) is 36.1 Å². The molecule has 0 saturated carbocycles. The highest BCUT2D eigenvalue weighted by Crippen LogP contribution is 2.19. The third-order valence-electron chi connectivity index (χ3n) is 4.83. The van der Waals surface area contributed by atoms with Crippen LogP contribution >= 0.6 is 0 Å². The number of ether oxygens (including phenoxy) is 2. The number of nitrogens with zero attached hydrogens (tertiary/aromatic N) is 3. The molecule has 0 amide bonds. The maximum Gasteiger partial charge on any atom is 0.355 e. The van der Waals surface area contributed by atoms with Crippen LogP contribution in [0, 0.1) is 6.92 Å². The van der Waals surface area contributed by atoms with Crippen molar-refractivity contribution >= 4 is 17.4 Å². The Morgan fingerprint density at radius 3 is 2.39 bits per heavy atom. The summed E-state index contributed by atoms with van der Waals surface area (Å²) in [5.74, 6) is -0.468. The van der Waals surface area contributed by atoms with E-state index in [-0.39, 0.29) is 12.3 Å². The summed E-state index contributed by atoms with van der Waals surface area (Å²) in [5, 5.41) is 0. The number of methoxy groups -OCH3 is 1. The van der Waals surface area contributed by atoms with Crippen molar-refractivity contribution in [1.82, 2.24) is 9.88 Å². The van der Waals surface area contributed by atoms with Crippen molar-refractivity contribution in [2.75, 3.05) is 44.7 Å². The Hall–Kier alpha value is -2.93. The van der Waals surface area contributed by atoms with Crippen LogP contribution in [0.1, 0.15) is 5.56 Å². The number of aryl methyl sites for hydroxylation is 1. The summed E-state index contributed by atoms with van der Waals surface area (Å²) in [6.07, 6.45) is 2.29. The highest BCUT2D eigenvalue weighted by atomic mass is 16.6. The molecular formula is C21H25N3O4. The fraction of sp³-hybridized carbons (Fsp3) is 0.381. The number of aromatic nitrogens is 1. The van der Waals surface area contributed by atoms with Crippen LogP contribution in [0.25, 0.3) is 0 Å². The summed E-state index contributed by atoms with van der Waals surface area (Å²) in [4.78, 5) is 33.3. The first-order valence-corrected chi connectivity index (χ1v) is 9.28. The number of hydrogen-bond acceptors (Lipinski definition) is 7. The number of para-hydroxylation sites is 1. The fourth-order valence-electron chi connectivity index (χ4n) is 3.19. The predicted molar refractivity (Wildman–Crippen MR) is 106 cm³/mol. The smallest absolute Gasteiger partial charge is 0.355 e. The Bertz CT molecular complexity index is 804. The molecule has 0 spiro atoms. The van der Waals surface area contributed by atoms with Crippen molar-refractivity contribution in [3.8, 4) is 5.75 Å². The topological polar surface area (TPSA) is 72.0 Å². The Kier molecular flexibility index (Phi) is 6.60. The standard InChI is InChI=1S/C21H25N3O4/c1-16-5-3-4-6-19(16)28-20(21(26)27-2)18(25)15-23-11-13-24(14-12-23)17-7-9-22-10-8-17/h3-10,20H,11-15H2,1-2H3. The van der Waals surface area contributed by atoms with Gasteiger partial charge in [-0.05, 0) is 30.7 Å². The average molecular weight is 383 g/mol. The van der Waals surface area contributed by atoms with E-state index in [0.717, 1.165) is 37.4 Å². The number of esters is 1. The summed E-state index contributed by atoms with van der Waals surface area (Å²) in [6.45, 7) is 5.08. The predicted octanol–water partition coefficient (Wildman–Crippen LogP) is 1.70. The van der Waals surface area contributed by atoms with Gasteiger partial charge in [-0.1, -0.05) is 18.2 Å². The summed E-state index contributed by atoms with van der Waals surface area (Å²) >= 11 is 0. The van der Waals surface area contributed by atoms with Gasteiger partial charge in [0.25, 0.3) is 6.10 Å². The van der Waals surface area contributed by atoms with E-state index in [1.54, 1.807) is 24.5 Å². The summed E-state index contributed by atoms with van der Waals surface area (Å²) in [7, 11) is 1.26. The number of pyridine rings is 1. The van der Waals surface area contributed by atoms with Gasteiger partial charge in [0.15, 0.2) is 5.78 Å². The van der Waals surface area contributed by atoms with Gasteiger partial charge in [-0.2, -0.15) is 0 Å². The largest absolute Gasteiger partial charge is 0.470 e. The number of rotatable bonds is 7. The molecule has 1 aliphatic rings. The SMILES string of the molecule is COC(=O)C(Oc1ccccc1C)C(=O)CN1CCN(c2ccncc2)CC1. The Morgan fingerprint density at radius 1 is 1.07 bits per heavy atom. The molecule has 7 nitrogen and oxygen atoms in total. The van der Waals surface area contributed by atoms with Crippen LogP contribution < -0.4 is 9.64 Å². The van der Waals surface area contributed by atoms with Gasteiger partial charge in [-0.25, -0.2) is 4.79 Å². The second-order valence-electron chi connectivity index (χ2n) is 6.72. The third-order valence-corrected chi connectivity index (χ3v) is 4.83. The highest BCUT2D eigenvalue weighted by molar-refractivity contribution is 6.03. The molecule has 0 aliphatic carbocycles. The molecule has 3 rings (SSSR count). The lowest BCUT2D eigenvalue weighted by Gasteiger charge is -2.36. The third kappa shape index (κ3) is 4.86. The first-order chi connectivity index (χ1) is 13.6. The Labute approximate surface area is 164 Å². The number of ketones is 1. The lowest BCUT2D eigenvalue weighted by molar-refractivity contribution is -0.153. The van der Waals surface area contributed by atoms with Gasteiger partial charge in [0.05, 0.1) is 13.7 Å². The van der Waals surface area contributed by atoms with E-state index >= 15 is 0 Å². The van der Waals surface area contributed by atoms with Gasteiger partial charge >= 0.3 is 5.97 Å².